The summed E-state index contributed by atoms with van der Waals surface area (Å²) in [6.45, 7) is 1.69. The number of benzene rings is 2. The molecule has 0 saturated carbocycles. The Kier molecular flexibility index (Phi) is 7.11. The SMILES string of the molecule is C[C@@H](SCC(=O)Nc1ccc(F)cc1)C(=O)Nc1cc(Cl)cc(Cl)c1. The van der Waals surface area contributed by atoms with Crippen molar-refractivity contribution in [3.8, 4) is 0 Å². The molecule has 2 aromatic carbocycles. The van der Waals surface area contributed by atoms with Gasteiger partial charge in [-0.05, 0) is 49.4 Å². The van der Waals surface area contributed by atoms with Crippen LogP contribution in [0.25, 0.3) is 0 Å². The first-order valence-corrected chi connectivity index (χ1v) is 9.08. The maximum atomic E-state index is 12.8. The van der Waals surface area contributed by atoms with Crippen LogP contribution in [0.5, 0.6) is 0 Å². The standard InChI is InChI=1S/C17H15Cl2FN2O2S/c1-10(17(24)22-15-7-11(18)6-12(19)8-15)25-9-16(23)21-14-4-2-13(20)3-5-14/h2-8,10H,9H2,1H3,(H,21,23)(H,22,24)/t10-/m1/s1. The second-order valence-corrected chi connectivity index (χ2v) is 7.36. The van der Waals surface area contributed by atoms with Crippen LogP contribution in [0.3, 0.4) is 0 Å². The van der Waals surface area contributed by atoms with E-state index in [2.05, 4.69) is 10.6 Å². The van der Waals surface area contributed by atoms with Crippen LogP contribution in [-0.4, -0.2) is 22.8 Å². The fourth-order valence-corrected chi connectivity index (χ4v) is 3.09. The summed E-state index contributed by atoms with van der Waals surface area (Å²) in [7, 11) is 0. The van der Waals surface area contributed by atoms with E-state index in [-0.39, 0.29) is 23.4 Å². The number of nitrogens with one attached hydrogen (secondary N) is 2. The minimum Gasteiger partial charge on any atom is -0.325 e. The predicted molar refractivity (Wildman–Crippen MR) is 102 cm³/mol. The predicted octanol–water partition coefficient (Wildman–Crippen LogP) is 4.83. The lowest BCUT2D eigenvalue weighted by Crippen LogP contribution is -2.25. The normalized spacial score (nSPS) is 11.7. The number of hydrogen-bond donors (Lipinski definition) is 2. The van der Waals surface area contributed by atoms with Crippen molar-refractivity contribution in [1.82, 2.24) is 0 Å². The molecule has 0 aliphatic carbocycles. The van der Waals surface area contributed by atoms with Crippen molar-refractivity contribution in [2.45, 2.75) is 12.2 Å². The summed E-state index contributed by atoms with van der Waals surface area (Å²) in [6.07, 6.45) is 0. The van der Waals surface area contributed by atoms with Gasteiger partial charge in [0.05, 0.1) is 11.0 Å². The quantitative estimate of drug-likeness (QED) is 0.729. The summed E-state index contributed by atoms with van der Waals surface area (Å²) in [6, 6.07) is 10.2. The molecule has 0 saturated heterocycles. The highest BCUT2D eigenvalue weighted by Crippen LogP contribution is 2.23. The van der Waals surface area contributed by atoms with Crippen molar-refractivity contribution >= 4 is 58.2 Å². The van der Waals surface area contributed by atoms with Crippen LogP contribution in [0, 0.1) is 5.82 Å². The van der Waals surface area contributed by atoms with Gasteiger partial charge in [0.25, 0.3) is 0 Å². The second kappa shape index (κ2) is 9.08. The average Bonchev–Trinajstić information content (AvgIpc) is 2.53. The highest BCUT2D eigenvalue weighted by molar-refractivity contribution is 8.01. The van der Waals surface area contributed by atoms with Gasteiger partial charge in [0.2, 0.25) is 11.8 Å². The van der Waals surface area contributed by atoms with Crippen LogP contribution in [0.1, 0.15) is 6.92 Å². The van der Waals surface area contributed by atoms with Gasteiger partial charge in [-0.2, -0.15) is 0 Å². The molecule has 2 rings (SSSR count). The zero-order chi connectivity index (χ0) is 18.4. The molecule has 0 spiro atoms. The van der Waals surface area contributed by atoms with Crippen molar-refractivity contribution in [1.29, 1.82) is 0 Å². The molecule has 8 heteroatoms. The molecule has 132 valence electrons. The van der Waals surface area contributed by atoms with Gasteiger partial charge in [0.1, 0.15) is 5.82 Å². The topological polar surface area (TPSA) is 58.2 Å². The molecular formula is C17H15Cl2FN2O2S. The van der Waals surface area contributed by atoms with E-state index in [0.29, 0.717) is 21.4 Å². The molecule has 25 heavy (non-hydrogen) atoms. The first kappa shape index (κ1) is 19.6. The third-order valence-electron chi connectivity index (χ3n) is 3.09. The minimum atomic E-state index is -0.461. The van der Waals surface area contributed by atoms with Crippen LogP contribution in [0.15, 0.2) is 42.5 Å². The van der Waals surface area contributed by atoms with Crippen LogP contribution in [-0.2, 0) is 9.59 Å². The third kappa shape index (κ3) is 6.57. The molecular weight excluding hydrogens is 386 g/mol. The van der Waals surface area contributed by atoms with E-state index in [4.69, 9.17) is 23.2 Å². The highest BCUT2D eigenvalue weighted by atomic mass is 35.5. The molecule has 2 aromatic rings. The molecule has 1 atom stereocenters. The summed E-state index contributed by atoms with van der Waals surface area (Å²) in [5, 5.41) is 5.71. The molecule has 0 heterocycles. The lowest BCUT2D eigenvalue weighted by atomic mass is 10.3. The molecule has 0 unspecified atom stereocenters. The summed E-state index contributed by atoms with van der Waals surface area (Å²) in [5.41, 5.74) is 0.989. The molecule has 0 bridgehead atoms. The van der Waals surface area contributed by atoms with Crippen LogP contribution in [0.4, 0.5) is 15.8 Å². The van der Waals surface area contributed by atoms with Crippen LogP contribution in [0.2, 0.25) is 10.0 Å². The van der Waals surface area contributed by atoms with Crippen molar-refractivity contribution < 1.29 is 14.0 Å². The van der Waals surface area contributed by atoms with Gasteiger partial charge in [-0.3, -0.25) is 9.59 Å². The second-order valence-electron chi connectivity index (χ2n) is 5.16. The van der Waals surface area contributed by atoms with Gasteiger partial charge >= 0.3 is 0 Å². The summed E-state index contributed by atoms with van der Waals surface area (Å²) >= 11 is 12.9. The Balaban J connectivity index is 1.82. The molecule has 0 aliphatic rings. The maximum Gasteiger partial charge on any atom is 0.237 e. The summed E-state index contributed by atoms with van der Waals surface area (Å²) in [5.74, 6) is -0.832. The van der Waals surface area contributed by atoms with E-state index < -0.39 is 5.25 Å². The minimum absolute atomic E-state index is 0.0856. The average molecular weight is 401 g/mol. The van der Waals surface area contributed by atoms with Crippen molar-refractivity contribution in [3.05, 3.63) is 58.3 Å². The third-order valence-corrected chi connectivity index (χ3v) is 4.67. The van der Waals surface area contributed by atoms with Crippen LogP contribution >= 0.6 is 35.0 Å². The van der Waals surface area contributed by atoms with E-state index >= 15 is 0 Å². The number of carbonyl (C=O) groups excluding carboxylic acids is 2. The number of carbonyl (C=O) groups is 2. The van der Waals surface area contributed by atoms with Gasteiger partial charge in [-0.25, -0.2) is 4.39 Å². The smallest absolute Gasteiger partial charge is 0.237 e. The fourth-order valence-electron chi connectivity index (χ4n) is 1.88. The van der Waals surface area contributed by atoms with E-state index in [1.54, 1.807) is 25.1 Å². The van der Waals surface area contributed by atoms with Gasteiger partial charge in [0.15, 0.2) is 0 Å². The van der Waals surface area contributed by atoms with E-state index in [0.717, 1.165) is 0 Å². The largest absolute Gasteiger partial charge is 0.325 e. The Morgan fingerprint density at radius 3 is 2.24 bits per heavy atom. The van der Waals surface area contributed by atoms with Gasteiger partial charge < -0.3 is 10.6 Å². The Morgan fingerprint density at radius 1 is 1.04 bits per heavy atom. The number of anilines is 2. The van der Waals surface area contributed by atoms with E-state index in [1.807, 2.05) is 0 Å². The number of rotatable bonds is 6. The Labute approximate surface area is 159 Å². The number of amides is 2. The Bertz CT molecular complexity index is 751. The van der Waals surface area contributed by atoms with Crippen molar-refractivity contribution in [2.24, 2.45) is 0 Å². The molecule has 2 amide bonds. The lowest BCUT2D eigenvalue weighted by molar-refractivity contribution is -0.115. The highest BCUT2D eigenvalue weighted by Gasteiger charge is 2.16. The monoisotopic (exact) mass is 400 g/mol. The van der Waals surface area contributed by atoms with Crippen molar-refractivity contribution in [2.75, 3.05) is 16.4 Å². The molecule has 4 nitrogen and oxygen atoms in total. The van der Waals surface area contributed by atoms with Gasteiger partial charge in [-0.15, -0.1) is 11.8 Å². The first-order valence-electron chi connectivity index (χ1n) is 7.27. The number of hydrogen-bond acceptors (Lipinski definition) is 3. The molecule has 0 radical (unpaired) electrons. The summed E-state index contributed by atoms with van der Waals surface area (Å²) in [4.78, 5) is 24.0. The first-order chi connectivity index (χ1) is 11.8. The number of thioether (sulfide) groups is 1. The van der Waals surface area contributed by atoms with Crippen molar-refractivity contribution in [3.63, 3.8) is 0 Å². The molecule has 0 aromatic heterocycles. The van der Waals surface area contributed by atoms with Crippen LogP contribution < -0.4 is 10.6 Å². The van der Waals surface area contributed by atoms with Gasteiger partial charge in [0, 0.05) is 21.4 Å². The molecule has 0 fully saturated rings. The van der Waals surface area contributed by atoms with E-state index in [1.165, 1.54) is 36.0 Å². The van der Waals surface area contributed by atoms with Gasteiger partial charge in [-0.1, -0.05) is 23.2 Å². The lowest BCUT2D eigenvalue weighted by Gasteiger charge is -2.12. The molecule has 0 aliphatic heterocycles. The zero-order valence-electron chi connectivity index (χ0n) is 13.2. The molecule has 2 N–H and O–H groups in total. The van der Waals surface area contributed by atoms with E-state index in [9.17, 15) is 14.0 Å². The zero-order valence-corrected chi connectivity index (χ0v) is 15.5. The Hall–Kier alpha value is -1.76. The number of halogens is 3. The Morgan fingerprint density at radius 2 is 1.64 bits per heavy atom. The fraction of sp³-hybridized carbons (Fsp3) is 0.176. The summed E-state index contributed by atoms with van der Waals surface area (Å²) < 4.78 is 12.8. The maximum absolute atomic E-state index is 12.8.